The Bertz CT molecular complexity index is 685. The molecule has 1 saturated heterocycles. The number of hydrogen-bond donors (Lipinski definition) is 2. The molecule has 1 fully saturated rings. The first-order chi connectivity index (χ1) is 11.7. The van der Waals surface area contributed by atoms with Gasteiger partial charge in [0.2, 0.25) is 5.91 Å². The Morgan fingerprint density at radius 2 is 1.96 bits per heavy atom. The number of nitrogens with one attached hydrogen (secondary N) is 1. The molecule has 0 bridgehead atoms. The van der Waals surface area contributed by atoms with Crippen molar-refractivity contribution in [1.82, 2.24) is 0 Å². The molecular formula is C19H23ClN2O3. The monoisotopic (exact) mass is 362 g/mol. The summed E-state index contributed by atoms with van der Waals surface area (Å²) in [5.41, 5.74) is 8.37. The number of para-hydroxylation sites is 1. The van der Waals surface area contributed by atoms with Crippen molar-refractivity contribution in [2.75, 3.05) is 24.3 Å². The van der Waals surface area contributed by atoms with E-state index in [1.54, 1.807) is 0 Å². The van der Waals surface area contributed by atoms with E-state index in [2.05, 4.69) is 5.32 Å². The molecular weight excluding hydrogens is 340 g/mol. The topological polar surface area (TPSA) is 73.6 Å². The van der Waals surface area contributed by atoms with Gasteiger partial charge in [-0.3, -0.25) is 4.79 Å². The van der Waals surface area contributed by atoms with Gasteiger partial charge >= 0.3 is 0 Å². The van der Waals surface area contributed by atoms with Crippen LogP contribution in [0.4, 0.5) is 11.4 Å². The molecule has 1 aliphatic heterocycles. The average Bonchev–Trinajstić information content (AvgIpc) is 3.09. The second-order valence-corrected chi connectivity index (χ2v) is 5.87. The maximum absolute atomic E-state index is 12.1. The van der Waals surface area contributed by atoms with Gasteiger partial charge < -0.3 is 20.5 Å². The van der Waals surface area contributed by atoms with E-state index >= 15 is 0 Å². The van der Waals surface area contributed by atoms with Gasteiger partial charge in [0.25, 0.3) is 0 Å². The minimum atomic E-state index is -0.0314. The molecule has 3 rings (SSSR count). The van der Waals surface area contributed by atoms with Gasteiger partial charge in [-0.1, -0.05) is 18.2 Å². The lowest BCUT2D eigenvalue weighted by atomic mass is 10.1. The second kappa shape index (κ2) is 9.30. The van der Waals surface area contributed by atoms with Gasteiger partial charge in [0, 0.05) is 24.2 Å². The first-order valence-corrected chi connectivity index (χ1v) is 8.18. The lowest BCUT2D eigenvalue weighted by Crippen LogP contribution is -2.16. The van der Waals surface area contributed by atoms with Crippen LogP contribution in [0.3, 0.4) is 0 Å². The van der Waals surface area contributed by atoms with Crippen molar-refractivity contribution in [2.45, 2.75) is 25.4 Å². The third-order valence-electron chi connectivity index (χ3n) is 4.01. The molecule has 1 aliphatic rings. The van der Waals surface area contributed by atoms with Crippen LogP contribution in [0.1, 0.15) is 18.4 Å². The van der Waals surface area contributed by atoms with E-state index in [9.17, 15) is 4.79 Å². The molecule has 134 valence electrons. The molecule has 3 N–H and O–H groups in total. The Morgan fingerprint density at radius 3 is 2.64 bits per heavy atom. The lowest BCUT2D eigenvalue weighted by Gasteiger charge is -2.12. The standard InChI is InChI=1S/C19H22N2O3.ClH/c20-18-4-2-1-3-14(18)5-10-19(22)21-15-6-8-16(9-7-15)24-17-11-12-23-13-17;/h1-4,6-9,17H,5,10-13,20H2,(H,21,22);1H. The van der Waals surface area contributed by atoms with Crippen molar-refractivity contribution in [3.63, 3.8) is 0 Å². The normalized spacial score (nSPS) is 16.1. The highest BCUT2D eigenvalue weighted by molar-refractivity contribution is 5.90. The lowest BCUT2D eigenvalue weighted by molar-refractivity contribution is -0.116. The molecule has 0 spiro atoms. The molecule has 0 radical (unpaired) electrons. The van der Waals surface area contributed by atoms with E-state index in [0.717, 1.165) is 35.7 Å². The van der Waals surface area contributed by atoms with Crippen molar-refractivity contribution >= 4 is 29.7 Å². The molecule has 5 nitrogen and oxygen atoms in total. The maximum atomic E-state index is 12.1. The second-order valence-electron chi connectivity index (χ2n) is 5.87. The van der Waals surface area contributed by atoms with Crippen LogP contribution in [-0.2, 0) is 16.0 Å². The van der Waals surface area contributed by atoms with Gasteiger partial charge in [0.05, 0.1) is 13.2 Å². The van der Waals surface area contributed by atoms with Crippen LogP contribution in [0.25, 0.3) is 0 Å². The number of anilines is 2. The minimum absolute atomic E-state index is 0. The number of amides is 1. The first-order valence-electron chi connectivity index (χ1n) is 8.18. The number of rotatable bonds is 6. The zero-order valence-corrected chi connectivity index (χ0v) is 14.8. The minimum Gasteiger partial charge on any atom is -0.488 e. The SMILES string of the molecule is Cl.Nc1ccccc1CCC(=O)Nc1ccc(OC2CCOC2)cc1. The summed E-state index contributed by atoms with van der Waals surface area (Å²) in [5, 5.41) is 2.89. The summed E-state index contributed by atoms with van der Waals surface area (Å²) >= 11 is 0. The Morgan fingerprint density at radius 1 is 1.20 bits per heavy atom. The zero-order chi connectivity index (χ0) is 16.8. The summed E-state index contributed by atoms with van der Waals surface area (Å²) in [6, 6.07) is 15.0. The summed E-state index contributed by atoms with van der Waals surface area (Å²) in [7, 11) is 0. The van der Waals surface area contributed by atoms with Crippen LogP contribution < -0.4 is 15.8 Å². The van der Waals surface area contributed by atoms with Gasteiger partial charge in [-0.25, -0.2) is 0 Å². The highest BCUT2D eigenvalue weighted by Gasteiger charge is 2.17. The van der Waals surface area contributed by atoms with E-state index in [1.165, 1.54) is 0 Å². The number of nitrogen functional groups attached to an aromatic ring is 1. The highest BCUT2D eigenvalue weighted by atomic mass is 35.5. The number of hydrogen-bond acceptors (Lipinski definition) is 4. The van der Waals surface area contributed by atoms with E-state index in [1.807, 2.05) is 48.5 Å². The molecule has 1 unspecified atom stereocenters. The van der Waals surface area contributed by atoms with Gasteiger partial charge in [-0.15, -0.1) is 12.4 Å². The summed E-state index contributed by atoms with van der Waals surface area (Å²) in [5.74, 6) is 0.761. The number of carbonyl (C=O) groups excluding carboxylic acids is 1. The summed E-state index contributed by atoms with van der Waals surface area (Å²) < 4.78 is 11.1. The summed E-state index contributed by atoms with van der Waals surface area (Å²) in [6.07, 6.45) is 2.07. The number of nitrogens with two attached hydrogens (primary N) is 1. The van der Waals surface area contributed by atoms with Gasteiger partial charge in [-0.2, -0.15) is 0 Å². The van der Waals surface area contributed by atoms with Crippen molar-refractivity contribution in [2.24, 2.45) is 0 Å². The largest absolute Gasteiger partial charge is 0.488 e. The van der Waals surface area contributed by atoms with E-state index in [0.29, 0.717) is 19.4 Å². The molecule has 0 saturated carbocycles. The predicted molar refractivity (Wildman–Crippen MR) is 101 cm³/mol. The molecule has 2 aromatic carbocycles. The molecule has 0 aromatic heterocycles. The summed E-state index contributed by atoms with van der Waals surface area (Å²) in [6.45, 7) is 1.39. The van der Waals surface area contributed by atoms with Crippen LogP contribution in [0, 0.1) is 0 Å². The van der Waals surface area contributed by atoms with E-state index in [-0.39, 0.29) is 24.4 Å². The molecule has 6 heteroatoms. The first kappa shape index (κ1) is 19.1. The third-order valence-corrected chi connectivity index (χ3v) is 4.01. The number of benzene rings is 2. The van der Waals surface area contributed by atoms with Crippen LogP contribution in [0.15, 0.2) is 48.5 Å². The molecule has 1 atom stereocenters. The fraction of sp³-hybridized carbons (Fsp3) is 0.316. The van der Waals surface area contributed by atoms with E-state index in [4.69, 9.17) is 15.2 Å². The Hall–Kier alpha value is -2.24. The van der Waals surface area contributed by atoms with Gasteiger partial charge in [0.1, 0.15) is 11.9 Å². The molecule has 1 heterocycles. The fourth-order valence-corrected chi connectivity index (χ4v) is 2.65. The van der Waals surface area contributed by atoms with Crippen molar-refractivity contribution in [3.05, 3.63) is 54.1 Å². The summed E-state index contributed by atoms with van der Waals surface area (Å²) in [4.78, 5) is 12.1. The predicted octanol–water partition coefficient (Wildman–Crippen LogP) is 3.43. The van der Waals surface area contributed by atoms with Crippen LogP contribution in [0.2, 0.25) is 0 Å². The van der Waals surface area contributed by atoms with Gasteiger partial charge in [-0.05, 0) is 42.3 Å². The number of ether oxygens (including phenoxy) is 2. The number of carbonyl (C=O) groups is 1. The van der Waals surface area contributed by atoms with Crippen molar-refractivity contribution < 1.29 is 14.3 Å². The highest BCUT2D eigenvalue weighted by Crippen LogP contribution is 2.20. The molecule has 1 amide bonds. The fourth-order valence-electron chi connectivity index (χ4n) is 2.65. The zero-order valence-electron chi connectivity index (χ0n) is 13.9. The smallest absolute Gasteiger partial charge is 0.224 e. The van der Waals surface area contributed by atoms with Crippen LogP contribution in [0.5, 0.6) is 5.75 Å². The third kappa shape index (κ3) is 5.66. The number of halogens is 1. The Labute approximate surface area is 153 Å². The molecule has 0 aliphatic carbocycles. The maximum Gasteiger partial charge on any atom is 0.224 e. The molecule has 2 aromatic rings. The average molecular weight is 363 g/mol. The Kier molecular flexibility index (Phi) is 7.10. The van der Waals surface area contributed by atoms with Crippen LogP contribution in [-0.4, -0.2) is 25.2 Å². The van der Waals surface area contributed by atoms with Crippen molar-refractivity contribution in [1.29, 1.82) is 0 Å². The van der Waals surface area contributed by atoms with Crippen molar-refractivity contribution in [3.8, 4) is 5.75 Å². The Balaban J connectivity index is 0.00000225. The van der Waals surface area contributed by atoms with E-state index < -0.39 is 0 Å². The van der Waals surface area contributed by atoms with Crippen LogP contribution >= 0.6 is 12.4 Å². The number of aryl methyl sites for hydroxylation is 1. The van der Waals surface area contributed by atoms with Gasteiger partial charge in [0.15, 0.2) is 0 Å². The quantitative estimate of drug-likeness (QED) is 0.772. The molecule has 25 heavy (non-hydrogen) atoms.